The minimum atomic E-state index is -5.08. The molecule has 1 rings (SSSR count). The van der Waals surface area contributed by atoms with Crippen LogP contribution >= 0.6 is 0 Å². The van der Waals surface area contributed by atoms with Gasteiger partial charge in [-0.1, -0.05) is 167 Å². The van der Waals surface area contributed by atoms with E-state index in [9.17, 15) is 33.6 Å². The Balaban J connectivity index is 2.52. The van der Waals surface area contributed by atoms with Gasteiger partial charge in [-0.05, 0) is 44.9 Å². The van der Waals surface area contributed by atoms with Gasteiger partial charge in [0.1, 0.15) is 24.4 Å². The molecule has 0 aliphatic carbocycles. The van der Waals surface area contributed by atoms with Gasteiger partial charge in [0.2, 0.25) is 5.91 Å². The first-order chi connectivity index (χ1) is 27.5. The second-order valence-electron chi connectivity index (χ2n) is 16.0. The van der Waals surface area contributed by atoms with Crippen molar-refractivity contribution in [1.29, 1.82) is 0 Å². The average molecular weight is 834 g/mol. The molecular formula is C44H83NO11S. The molecular weight excluding hydrogens is 751 g/mol. The molecule has 13 heteroatoms. The smallest absolute Gasteiger partial charge is 0.394 e. The number of rotatable bonds is 38. The predicted molar refractivity (Wildman–Crippen MR) is 227 cm³/mol. The third-order valence-corrected chi connectivity index (χ3v) is 11.2. The SMILES string of the molecule is CCCCCCCCCCC/C=C\CCCCCCCC(=O)NC(COC1OC(CO)C(O)C(OS(=O)(=O)O)C1O)C(O)/C=C/CCCCCCCCCCCC. The monoisotopic (exact) mass is 834 g/mol. The van der Waals surface area contributed by atoms with Gasteiger partial charge in [-0.25, -0.2) is 4.18 Å². The van der Waals surface area contributed by atoms with Crippen molar-refractivity contribution in [1.82, 2.24) is 5.32 Å². The summed E-state index contributed by atoms with van der Waals surface area (Å²) < 4.78 is 47.5. The Bertz CT molecular complexity index is 1120. The number of unbranched alkanes of at least 4 members (excludes halogenated alkanes) is 24. The number of aliphatic hydroxyl groups excluding tert-OH is 4. The fourth-order valence-corrected chi connectivity index (χ4v) is 7.66. The van der Waals surface area contributed by atoms with Gasteiger partial charge in [-0.15, -0.1) is 0 Å². The van der Waals surface area contributed by atoms with E-state index < -0.39 is 59.9 Å². The highest BCUT2D eigenvalue weighted by Gasteiger charge is 2.48. The van der Waals surface area contributed by atoms with E-state index >= 15 is 0 Å². The fourth-order valence-electron chi connectivity index (χ4n) is 7.15. The largest absolute Gasteiger partial charge is 0.397 e. The highest BCUT2D eigenvalue weighted by molar-refractivity contribution is 7.80. The van der Waals surface area contributed by atoms with E-state index in [4.69, 9.17) is 14.0 Å². The summed E-state index contributed by atoms with van der Waals surface area (Å²) in [5.41, 5.74) is 0. The first-order valence-electron chi connectivity index (χ1n) is 22.7. The van der Waals surface area contributed by atoms with Crippen molar-refractivity contribution in [2.45, 2.75) is 236 Å². The molecule has 0 radical (unpaired) electrons. The minimum Gasteiger partial charge on any atom is -0.394 e. The molecule has 1 saturated heterocycles. The second-order valence-corrected chi connectivity index (χ2v) is 17.0. The lowest BCUT2D eigenvalue weighted by molar-refractivity contribution is -0.298. The van der Waals surface area contributed by atoms with Crippen LogP contribution in [0.25, 0.3) is 0 Å². The Labute approximate surface area is 346 Å². The molecule has 1 fully saturated rings. The zero-order valence-electron chi connectivity index (χ0n) is 35.7. The maximum absolute atomic E-state index is 13.0. The van der Waals surface area contributed by atoms with Crippen molar-refractivity contribution in [2.24, 2.45) is 0 Å². The highest BCUT2D eigenvalue weighted by atomic mass is 32.3. The molecule has 1 aliphatic rings. The zero-order chi connectivity index (χ0) is 42.0. The van der Waals surface area contributed by atoms with Crippen molar-refractivity contribution >= 4 is 16.3 Å². The van der Waals surface area contributed by atoms with Crippen LogP contribution in [0.15, 0.2) is 24.3 Å². The molecule has 57 heavy (non-hydrogen) atoms. The van der Waals surface area contributed by atoms with Crippen LogP contribution in [0.2, 0.25) is 0 Å². The normalized spacial score (nSPS) is 21.4. The number of allylic oxidation sites excluding steroid dienone is 3. The first kappa shape index (κ1) is 53.6. The minimum absolute atomic E-state index is 0.260. The third kappa shape index (κ3) is 28.6. The molecule has 12 nitrogen and oxygen atoms in total. The summed E-state index contributed by atoms with van der Waals surface area (Å²) in [5, 5.41) is 44.6. The molecule has 0 saturated carbocycles. The van der Waals surface area contributed by atoms with Crippen molar-refractivity contribution < 1.29 is 51.8 Å². The van der Waals surface area contributed by atoms with Crippen LogP contribution in [0.4, 0.5) is 0 Å². The van der Waals surface area contributed by atoms with Crippen LogP contribution in [0.3, 0.4) is 0 Å². The van der Waals surface area contributed by atoms with Gasteiger partial charge < -0.3 is 35.2 Å². The van der Waals surface area contributed by atoms with Crippen LogP contribution in [0.1, 0.15) is 194 Å². The standard InChI is InChI=1S/C44H83NO11S/c1-3-5-7-9-11-13-15-17-18-19-20-21-22-24-26-28-30-32-34-40(48)45-37(38(47)33-31-29-27-25-23-16-14-12-10-8-6-4-2)36-54-44-42(50)43(56-57(51,52)53)41(49)39(35-46)55-44/h20-21,31,33,37-39,41-44,46-47,49-50H,3-19,22-30,32,34-36H2,1-2H3,(H,45,48)(H,51,52,53)/b21-20-,33-31+. The quantitative estimate of drug-likeness (QED) is 0.0198. The van der Waals surface area contributed by atoms with Gasteiger partial charge in [-0.2, -0.15) is 8.42 Å². The molecule has 0 aromatic rings. The van der Waals surface area contributed by atoms with Crippen molar-refractivity contribution in [3.8, 4) is 0 Å². The summed E-state index contributed by atoms with van der Waals surface area (Å²) in [4.78, 5) is 13.0. The van der Waals surface area contributed by atoms with E-state index in [0.717, 1.165) is 57.8 Å². The molecule has 0 aromatic heterocycles. The highest BCUT2D eigenvalue weighted by Crippen LogP contribution is 2.26. The lowest BCUT2D eigenvalue weighted by Crippen LogP contribution is -2.61. The summed E-state index contributed by atoms with van der Waals surface area (Å²) in [6.07, 6.45) is 30.8. The van der Waals surface area contributed by atoms with Gasteiger partial charge in [0, 0.05) is 6.42 Å². The number of aliphatic hydroxyl groups is 4. The van der Waals surface area contributed by atoms with Crippen LogP contribution < -0.4 is 5.32 Å². The van der Waals surface area contributed by atoms with Crippen LogP contribution in [0.5, 0.6) is 0 Å². The molecule has 1 amide bonds. The fraction of sp³-hybridized carbons (Fsp3) is 0.886. The molecule has 1 heterocycles. The average Bonchev–Trinajstić information content (AvgIpc) is 3.18. The van der Waals surface area contributed by atoms with Crippen molar-refractivity contribution in [3.63, 3.8) is 0 Å². The second kappa shape index (κ2) is 35.3. The van der Waals surface area contributed by atoms with Gasteiger partial charge >= 0.3 is 10.4 Å². The molecule has 6 N–H and O–H groups in total. The van der Waals surface area contributed by atoms with Crippen molar-refractivity contribution in [3.05, 3.63) is 24.3 Å². The number of amides is 1. The molecule has 336 valence electrons. The third-order valence-electron chi connectivity index (χ3n) is 10.7. The number of hydrogen-bond acceptors (Lipinski definition) is 10. The maximum atomic E-state index is 13.0. The lowest BCUT2D eigenvalue weighted by Gasteiger charge is -2.41. The Morgan fingerprint density at radius 3 is 1.58 bits per heavy atom. The number of carbonyl (C=O) groups excluding carboxylic acids is 1. The lowest BCUT2D eigenvalue weighted by atomic mass is 9.99. The predicted octanol–water partition coefficient (Wildman–Crippen LogP) is 8.55. The van der Waals surface area contributed by atoms with E-state index in [-0.39, 0.29) is 18.9 Å². The molecule has 0 bridgehead atoms. The summed E-state index contributed by atoms with van der Waals surface area (Å²) in [7, 11) is -5.08. The van der Waals surface area contributed by atoms with Crippen molar-refractivity contribution in [2.75, 3.05) is 13.2 Å². The number of ether oxygens (including phenoxy) is 2. The molecule has 1 aliphatic heterocycles. The summed E-state index contributed by atoms with van der Waals surface area (Å²) in [5.74, 6) is -0.272. The van der Waals surface area contributed by atoms with Crippen LogP contribution in [-0.2, 0) is 28.9 Å². The van der Waals surface area contributed by atoms with E-state index in [1.807, 2.05) is 6.08 Å². The van der Waals surface area contributed by atoms with Gasteiger partial charge in [-0.3, -0.25) is 9.35 Å². The van der Waals surface area contributed by atoms with Gasteiger partial charge in [0.25, 0.3) is 0 Å². The van der Waals surface area contributed by atoms with E-state index in [1.54, 1.807) is 6.08 Å². The summed E-state index contributed by atoms with van der Waals surface area (Å²) in [6, 6.07) is -0.944. The van der Waals surface area contributed by atoms with E-state index in [0.29, 0.717) is 6.42 Å². The summed E-state index contributed by atoms with van der Waals surface area (Å²) in [6.45, 7) is 3.36. The first-order valence-corrected chi connectivity index (χ1v) is 24.1. The Morgan fingerprint density at radius 2 is 1.12 bits per heavy atom. The Morgan fingerprint density at radius 1 is 0.684 bits per heavy atom. The molecule has 7 atom stereocenters. The maximum Gasteiger partial charge on any atom is 0.397 e. The molecule has 0 spiro atoms. The van der Waals surface area contributed by atoms with Gasteiger partial charge in [0.05, 0.1) is 25.4 Å². The van der Waals surface area contributed by atoms with Crippen LogP contribution in [0, 0.1) is 0 Å². The number of nitrogens with one attached hydrogen (secondary N) is 1. The van der Waals surface area contributed by atoms with Crippen LogP contribution in [-0.4, -0.2) is 95.4 Å². The molecule has 7 unspecified atom stereocenters. The number of carbonyl (C=O) groups is 1. The Kier molecular flexibility index (Phi) is 33.2. The topological polar surface area (TPSA) is 192 Å². The van der Waals surface area contributed by atoms with E-state index in [1.165, 1.54) is 109 Å². The zero-order valence-corrected chi connectivity index (χ0v) is 36.5. The number of hydrogen-bond donors (Lipinski definition) is 6. The van der Waals surface area contributed by atoms with E-state index in [2.05, 4.69) is 35.5 Å². The Hall–Kier alpha value is -1.42. The summed E-state index contributed by atoms with van der Waals surface area (Å²) >= 11 is 0. The van der Waals surface area contributed by atoms with Gasteiger partial charge in [0.15, 0.2) is 6.29 Å². The molecule has 0 aromatic carbocycles.